The average Bonchev–Trinajstić information content (AvgIpc) is 3.08. The summed E-state index contributed by atoms with van der Waals surface area (Å²) in [5.41, 5.74) is 2.52. The number of carboxylic acid groups (broad SMARTS) is 2. The molecule has 27 heavy (non-hydrogen) atoms. The second-order valence-corrected chi connectivity index (χ2v) is 5.94. The Bertz CT molecular complexity index is 919. The first kappa shape index (κ1) is 18.0. The summed E-state index contributed by atoms with van der Waals surface area (Å²) in [6.45, 7) is 0. The molecular weight excluding hydrogens is 362 g/mol. The monoisotopic (exact) mass is 375 g/mol. The maximum atomic E-state index is 12.1. The largest absolute Gasteiger partial charge is 0.478 e. The molecule has 0 radical (unpaired) electrons. The van der Waals surface area contributed by atoms with Crippen molar-refractivity contribution in [3.63, 3.8) is 0 Å². The maximum Gasteiger partial charge on any atom is 0.340 e. The quantitative estimate of drug-likeness (QED) is 0.482. The number of hydrogen-bond acceptors (Lipinski definition) is 7. The Morgan fingerprint density at radius 3 is 1.56 bits per heavy atom. The smallest absolute Gasteiger partial charge is 0.340 e. The van der Waals surface area contributed by atoms with Crippen LogP contribution in [-0.4, -0.2) is 45.8 Å². The highest BCUT2D eigenvalue weighted by atomic mass is 16.4. The van der Waals surface area contributed by atoms with Crippen LogP contribution in [0.3, 0.4) is 0 Å². The van der Waals surface area contributed by atoms with Crippen molar-refractivity contribution in [2.24, 2.45) is 0 Å². The molecule has 4 amide bonds. The number of amides is 4. The van der Waals surface area contributed by atoms with E-state index in [1.54, 1.807) is 0 Å². The van der Waals surface area contributed by atoms with Gasteiger partial charge in [0.1, 0.15) is 5.56 Å². The summed E-state index contributed by atoms with van der Waals surface area (Å²) >= 11 is 0. The molecule has 2 aliphatic heterocycles. The summed E-state index contributed by atoms with van der Waals surface area (Å²) in [7, 11) is 0. The summed E-state index contributed by atoms with van der Waals surface area (Å²) in [6.07, 6.45) is -0.791. The molecule has 0 bridgehead atoms. The molecule has 4 N–H and O–H groups in total. The summed E-state index contributed by atoms with van der Waals surface area (Å²) in [5, 5.41) is 19.1. The molecule has 0 atom stereocenters. The van der Waals surface area contributed by atoms with E-state index in [-0.39, 0.29) is 25.7 Å². The highest BCUT2D eigenvalue weighted by Crippen LogP contribution is 2.42. The number of rotatable bonds is 4. The number of aromatic carboxylic acids is 2. The van der Waals surface area contributed by atoms with Gasteiger partial charge in [0.15, 0.2) is 0 Å². The van der Waals surface area contributed by atoms with Crippen LogP contribution in [0.25, 0.3) is 0 Å². The van der Waals surface area contributed by atoms with Gasteiger partial charge in [0.25, 0.3) is 0 Å². The number of carboxylic acids is 2. The first-order chi connectivity index (χ1) is 12.6. The first-order valence-corrected chi connectivity index (χ1v) is 7.79. The Morgan fingerprint density at radius 2 is 1.19 bits per heavy atom. The normalized spacial score (nSPS) is 17.2. The minimum absolute atomic E-state index is 0.172. The lowest BCUT2D eigenvalue weighted by Crippen LogP contribution is -2.35. The van der Waals surface area contributed by atoms with Gasteiger partial charge in [0.2, 0.25) is 23.6 Å². The molecule has 2 saturated heterocycles. The molecule has 0 aromatic heterocycles. The van der Waals surface area contributed by atoms with Gasteiger partial charge in [-0.2, -0.15) is 0 Å². The Kier molecular flexibility index (Phi) is 4.14. The van der Waals surface area contributed by atoms with E-state index < -0.39 is 63.8 Å². The number of carbonyl (C=O) groups excluding carboxylic acids is 4. The molecule has 1 aromatic carbocycles. The van der Waals surface area contributed by atoms with Gasteiger partial charge in [-0.3, -0.25) is 19.2 Å². The maximum absolute atomic E-state index is 12.1. The van der Waals surface area contributed by atoms with Crippen molar-refractivity contribution >= 4 is 52.6 Å². The van der Waals surface area contributed by atoms with Gasteiger partial charge in [-0.15, -0.1) is 0 Å². The van der Waals surface area contributed by atoms with E-state index in [4.69, 9.17) is 5.73 Å². The van der Waals surface area contributed by atoms with Crippen LogP contribution in [0.2, 0.25) is 0 Å². The lowest BCUT2D eigenvalue weighted by Gasteiger charge is -2.25. The number of nitrogen functional groups attached to an aromatic ring is 1. The van der Waals surface area contributed by atoms with Crippen LogP contribution in [0, 0.1) is 0 Å². The number of carbonyl (C=O) groups is 6. The van der Waals surface area contributed by atoms with Gasteiger partial charge < -0.3 is 15.9 Å². The molecular formula is C16H13N3O8. The van der Waals surface area contributed by atoms with Crippen molar-refractivity contribution < 1.29 is 39.0 Å². The Morgan fingerprint density at radius 1 is 0.778 bits per heavy atom. The predicted molar refractivity (Wildman–Crippen MR) is 88.2 cm³/mol. The van der Waals surface area contributed by atoms with Crippen molar-refractivity contribution in [2.45, 2.75) is 25.7 Å². The third-order valence-corrected chi connectivity index (χ3v) is 4.30. The summed E-state index contributed by atoms with van der Waals surface area (Å²) in [5.74, 6) is -6.39. The van der Waals surface area contributed by atoms with Crippen LogP contribution >= 0.6 is 0 Å². The average molecular weight is 375 g/mol. The standard InChI is InChI=1S/C16H13N3O8/c17-7-5-6(15(24)25)13(18-8(20)1-2-9(18)21)12(16(26)27)14(7)19-10(22)3-4-11(19)23/h5H,1-4,17H2,(H,24,25)(H,26,27). The van der Waals surface area contributed by atoms with E-state index in [1.165, 1.54) is 0 Å². The minimum atomic E-state index is -1.74. The fourth-order valence-electron chi connectivity index (χ4n) is 3.17. The lowest BCUT2D eigenvalue weighted by atomic mass is 10.0. The second-order valence-electron chi connectivity index (χ2n) is 5.94. The number of benzene rings is 1. The Hall–Kier alpha value is -3.76. The minimum Gasteiger partial charge on any atom is -0.478 e. The van der Waals surface area contributed by atoms with Crippen molar-refractivity contribution in [3.05, 3.63) is 17.2 Å². The summed E-state index contributed by atoms with van der Waals surface area (Å²) in [4.78, 5) is 73.0. The topological polar surface area (TPSA) is 175 Å². The van der Waals surface area contributed by atoms with Crippen LogP contribution in [0.5, 0.6) is 0 Å². The van der Waals surface area contributed by atoms with Crippen molar-refractivity contribution in [2.75, 3.05) is 15.5 Å². The van der Waals surface area contributed by atoms with Crippen LogP contribution in [0.1, 0.15) is 46.4 Å². The van der Waals surface area contributed by atoms with Crippen LogP contribution in [0.4, 0.5) is 17.1 Å². The van der Waals surface area contributed by atoms with Gasteiger partial charge in [-0.25, -0.2) is 19.4 Å². The van der Waals surface area contributed by atoms with E-state index in [0.29, 0.717) is 9.80 Å². The van der Waals surface area contributed by atoms with Crippen molar-refractivity contribution in [1.82, 2.24) is 0 Å². The van der Waals surface area contributed by atoms with Gasteiger partial charge >= 0.3 is 11.9 Å². The highest BCUT2D eigenvalue weighted by Gasteiger charge is 2.42. The summed E-state index contributed by atoms with van der Waals surface area (Å²) in [6, 6.07) is 0.831. The van der Waals surface area contributed by atoms with Gasteiger partial charge in [-0.05, 0) is 6.07 Å². The molecule has 11 nitrogen and oxygen atoms in total. The summed E-state index contributed by atoms with van der Waals surface area (Å²) < 4.78 is 0. The first-order valence-electron chi connectivity index (χ1n) is 7.79. The number of nitrogens with zero attached hydrogens (tertiary/aromatic N) is 2. The third kappa shape index (κ3) is 2.69. The molecule has 0 saturated carbocycles. The molecule has 2 heterocycles. The fraction of sp³-hybridized carbons (Fsp3) is 0.250. The van der Waals surface area contributed by atoms with Crippen LogP contribution < -0.4 is 15.5 Å². The van der Waals surface area contributed by atoms with Gasteiger partial charge in [-0.1, -0.05) is 0 Å². The molecule has 0 spiro atoms. The molecule has 140 valence electrons. The number of imide groups is 2. The Balaban J connectivity index is 2.41. The zero-order valence-electron chi connectivity index (χ0n) is 13.7. The third-order valence-electron chi connectivity index (χ3n) is 4.30. The molecule has 3 rings (SSSR count). The molecule has 2 aliphatic rings. The number of anilines is 3. The lowest BCUT2D eigenvalue weighted by molar-refractivity contribution is -0.122. The van der Waals surface area contributed by atoms with E-state index in [2.05, 4.69) is 0 Å². The van der Waals surface area contributed by atoms with Gasteiger partial charge in [0.05, 0.1) is 22.6 Å². The second kappa shape index (κ2) is 6.20. The molecule has 1 aromatic rings. The molecule has 0 unspecified atom stereocenters. The zero-order valence-corrected chi connectivity index (χ0v) is 13.7. The van der Waals surface area contributed by atoms with E-state index in [0.717, 1.165) is 6.07 Å². The molecule has 2 fully saturated rings. The van der Waals surface area contributed by atoms with E-state index >= 15 is 0 Å². The van der Waals surface area contributed by atoms with E-state index in [9.17, 15) is 39.0 Å². The molecule has 11 heteroatoms. The fourth-order valence-corrected chi connectivity index (χ4v) is 3.17. The SMILES string of the molecule is Nc1cc(C(=O)O)c(N2C(=O)CCC2=O)c(C(=O)O)c1N1C(=O)CCC1=O. The number of nitrogens with two attached hydrogens (primary N) is 1. The van der Waals surface area contributed by atoms with Crippen LogP contribution in [0.15, 0.2) is 6.07 Å². The predicted octanol–water partition coefficient (Wildman–Crippen LogP) is -0.0280. The number of hydrogen-bond donors (Lipinski definition) is 3. The van der Waals surface area contributed by atoms with Crippen molar-refractivity contribution in [3.8, 4) is 0 Å². The van der Waals surface area contributed by atoms with Crippen LogP contribution in [-0.2, 0) is 19.2 Å². The molecule has 0 aliphatic carbocycles. The zero-order chi connectivity index (χ0) is 20.0. The van der Waals surface area contributed by atoms with Gasteiger partial charge in [0, 0.05) is 25.7 Å². The highest BCUT2D eigenvalue weighted by molar-refractivity contribution is 6.29. The Labute approximate surface area is 150 Å². The van der Waals surface area contributed by atoms with E-state index in [1.807, 2.05) is 0 Å². The van der Waals surface area contributed by atoms with Crippen molar-refractivity contribution in [1.29, 1.82) is 0 Å².